The quantitative estimate of drug-likeness (QED) is 0.448. The molecule has 4 aromatic rings. The van der Waals surface area contributed by atoms with Gasteiger partial charge in [0.2, 0.25) is 10.0 Å². The zero-order chi connectivity index (χ0) is 21.0. The Labute approximate surface area is 177 Å². The number of hydrogen-bond donors (Lipinski definition) is 2. The van der Waals surface area contributed by atoms with Crippen molar-refractivity contribution in [2.75, 3.05) is 5.32 Å². The molecule has 5 heteroatoms. The van der Waals surface area contributed by atoms with Crippen molar-refractivity contribution in [2.24, 2.45) is 5.14 Å². The van der Waals surface area contributed by atoms with Crippen LogP contribution < -0.4 is 10.5 Å². The lowest BCUT2D eigenvalue weighted by Gasteiger charge is -2.38. The van der Waals surface area contributed by atoms with Crippen LogP contribution in [0.25, 0.3) is 0 Å². The molecule has 0 aliphatic carbocycles. The van der Waals surface area contributed by atoms with E-state index in [1.165, 1.54) is 12.1 Å². The highest BCUT2D eigenvalue weighted by molar-refractivity contribution is 7.89. The van der Waals surface area contributed by atoms with Gasteiger partial charge < -0.3 is 5.32 Å². The third-order valence-electron chi connectivity index (χ3n) is 5.14. The van der Waals surface area contributed by atoms with Crippen LogP contribution in [0.3, 0.4) is 0 Å². The largest absolute Gasteiger partial charge is 0.368 e. The normalized spacial score (nSPS) is 11.8. The van der Waals surface area contributed by atoms with Crippen molar-refractivity contribution in [1.29, 1.82) is 0 Å². The molecule has 0 saturated heterocycles. The molecule has 0 amide bonds. The zero-order valence-corrected chi connectivity index (χ0v) is 17.1. The highest BCUT2D eigenvalue weighted by Gasteiger charge is 2.36. The first-order valence-electron chi connectivity index (χ1n) is 9.58. The Bertz CT molecular complexity index is 1110. The topological polar surface area (TPSA) is 72.2 Å². The summed E-state index contributed by atoms with van der Waals surface area (Å²) in [5, 5.41) is 8.94. The average molecular weight is 415 g/mol. The van der Waals surface area contributed by atoms with Gasteiger partial charge >= 0.3 is 0 Å². The number of benzene rings is 4. The van der Waals surface area contributed by atoms with Gasteiger partial charge in [-0.25, -0.2) is 13.6 Å². The summed E-state index contributed by atoms with van der Waals surface area (Å²) < 4.78 is 23.3. The molecule has 0 aromatic heterocycles. The van der Waals surface area contributed by atoms with E-state index in [4.69, 9.17) is 5.14 Å². The van der Waals surface area contributed by atoms with Gasteiger partial charge in [0.25, 0.3) is 0 Å². The highest BCUT2D eigenvalue weighted by atomic mass is 32.2. The zero-order valence-electron chi connectivity index (χ0n) is 16.3. The second-order valence-corrected chi connectivity index (χ2v) is 8.60. The minimum absolute atomic E-state index is 0.0813. The highest BCUT2D eigenvalue weighted by Crippen LogP contribution is 2.40. The van der Waals surface area contributed by atoms with Crippen molar-refractivity contribution in [2.45, 2.75) is 10.4 Å². The molecule has 0 heterocycles. The fourth-order valence-corrected chi connectivity index (χ4v) is 4.24. The van der Waals surface area contributed by atoms with Crippen LogP contribution in [-0.2, 0) is 15.6 Å². The number of sulfonamides is 1. The van der Waals surface area contributed by atoms with Crippen molar-refractivity contribution in [3.8, 4) is 0 Å². The fourth-order valence-electron chi connectivity index (χ4n) is 3.73. The summed E-state index contributed by atoms with van der Waals surface area (Å²) >= 11 is 0. The van der Waals surface area contributed by atoms with Crippen LogP contribution in [0.5, 0.6) is 0 Å². The summed E-state index contributed by atoms with van der Waals surface area (Å²) in [5.41, 5.74) is 3.31. The molecule has 0 saturated carbocycles. The molecule has 4 nitrogen and oxygen atoms in total. The SMILES string of the molecule is NS(=O)(=O)c1ccc(NC(c2ccccc2)(c2ccccc2)c2ccccc2)cc1. The molecular formula is C25H22N2O2S. The van der Waals surface area contributed by atoms with Gasteiger partial charge in [-0.2, -0.15) is 0 Å². The van der Waals surface area contributed by atoms with E-state index in [1.54, 1.807) is 12.1 Å². The summed E-state index contributed by atoms with van der Waals surface area (Å²) in [6.07, 6.45) is 0. The van der Waals surface area contributed by atoms with Crippen LogP contribution in [0.15, 0.2) is 120 Å². The fraction of sp³-hybridized carbons (Fsp3) is 0.0400. The second kappa shape index (κ2) is 8.14. The minimum Gasteiger partial charge on any atom is -0.368 e. The average Bonchev–Trinajstić information content (AvgIpc) is 2.79. The lowest BCUT2D eigenvalue weighted by Crippen LogP contribution is -2.38. The third-order valence-corrected chi connectivity index (χ3v) is 6.06. The van der Waals surface area contributed by atoms with E-state index in [0.717, 1.165) is 22.4 Å². The van der Waals surface area contributed by atoms with Crippen molar-refractivity contribution in [3.05, 3.63) is 132 Å². The molecule has 4 rings (SSSR count). The molecule has 0 unspecified atom stereocenters. The Kier molecular flexibility index (Phi) is 5.40. The van der Waals surface area contributed by atoms with E-state index in [0.29, 0.717) is 0 Å². The molecule has 0 aliphatic heterocycles. The summed E-state index contributed by atoms with van der Waals surface area (Å²) in [7, 11) is -3.75. The number of hydrogen-bond acceptors (Lipinski definition) is 3. The van der Waals surface area contributed by atoms with Crippen LogP contribution in [-0.4, -0.2) is 8.42 Å². The smallest absolute Gasteiger partial charge is 0.238 e. The van der Waals surface area contributed by atoms with E-state index in [9.17, 15) is 8.42 Å². The van der Waals surface area contributed by atoms with E-state index < -0.39 is 15.6 Å². The van der Waals surface area contributed by atoms with Crippen molar-refractivity contribution < 1.29 is 8.42 Å². The van der Waals surface area contributed by atoms with Gasteiger partial charge in [-0.05, 0) is 41.0 Å². The Morgan fingerprint density at radius 2 is 0.933 bits per heavy atom. The maximum Gasteiger partial charge on any atom is 0.238 e. The molecule has 0 radical (unpaired) electrons. The first kappa shape index (κ1) is 19.9. The second-order valence-electron chi connectivity index (χ2n) is 7.04. The Hall–Kier alpha value is -3.41. The minimum atomic E-state index is -3.75. The van der Waals surface area contributed by atoms with E-state index in [2.05, 4.69) is 41.7 Å². The van der Waals surface area contributed by atoms with Gasteiger partial charge in [0.1, 0.15) is 5.54 Å². The predicted molar refractivity (Wildman–Crippen MR) is 121 cm³/mol. The van der Waals surface area contributed by atoms with E-state index in [-0.39, 0.29) is 4.90 Å². The molecule has 0 aliphatic rings. The van der Waals surface area contributed by atoms with E-state index >= 15 is 0 Å². The Morgan fingerprint density at radius 1 is 0.567 bits per heavy atom. The van der Waals surface area contributed by atoms with Crippen molar-refractivity contribution >= 4 is 15.7 Å². The molecule has 150 valence electrons. The summed E-state index contributed by atoms with van der Waals surface area (Å²) in [4.78, 5) is 0.0813. The van der Waals surface area contributed by atoms with E-state index in [1.807, 2.05) is 54.6 Å². The first-order valence-corrected chi connectivity index (χ1v) is 11.1. The Balaban J connectivity index is 1.93. The van der Waals surface area contributed by atoms with Gasteiger partial charge in [0.15, 0.2) is 0 Å². The summed E-state index contributed by atoms with van der Waals surface area (Å²) in [6, 6.07) is 37.1. The van der Waals surface area contributed by atoms with Crippen LogP contribution in [0.4, 0.5) is 5.69 Å². The molecule has 0 fully saturated rings. The van der Waals surface area contributed by atoms with Crippen molar-refractivity contribution in [3.63, 3.8) is 0 Å². The Morgan fingerprint density at radius 3 is 1.27 bits per heavy atom. The molecule has 3 N–H and O–H groups in total. The number of nitrogens with one attached hydrogen (secondary N) is 1. The third kappa shape index (κ3) is 3.85. The molecule has 4 aromatic carbocycles. The van der Waals surface area contributed by atoms with Crippen LogP contribution in [0, 0.1) is 0 Å². The van der Waals surface area contributed by atoms with Gasteiger partial charge in [-0.15, -0.1) is 0 Å². The van der Waals surface area contributed by atoms with Gasteiger partial charge in [-0.3, -0.25) is 0 Å². The molecule has 0 bridgehead atoms. The van der Waals surface area contributed by atoms with Crippen molar-refractivity contribution in [1.82, 2.24) is 0 Å². The van der Waals surface area contributed by atoms with Crippen LogP contribution in [0.2, 0.25) is 0 Å². The lowest BCUT2D eigenvalue weighted by molar-refractivity contribution is 0.598. The predicted octanol–water partition coefficient (Wildman–Crippen LogP) is 4.74. The van der Waals surface area contributed by atoms with Crippen LogP contribution >= 0.6 is 0 Å². The first-order chi connectivity index (χ1) is 14.5. The van der Waals surface area contributed by atoms with Gasteiger partial charge in [0.05, 0.1) is 4.90 Å². The number of nitrogens with two attached hydrogens (primary N) is 1. The number of anilines is 1. The van der Waals surface area contributed by atoms with Gasteiger partial charge in [0, 0.05) is 5.69 Å². The number of primary sulfonamides is 1. The molecular weight excluding hydrogens is 392 g/mol. The maximum absolute atomic E-state index is 11.7. The standard InChI is InChI=1S/C25H22N2O2S/c26-30(28,29)24-18-16-23(17-19-24)27-25(20-10-4-1-5-11-20,21-12-6-2-7-13-21)22-14-8-3-9-15-22/h1-19,27H,(H2,26,28,29). The molecule has 0 atom stereocenters. The van der Waals surface area contributed by atoms with Crippen LogP contribution in [0.1, 0.15) is 16.7 Å². The van der Waals surface area contributed by atoms with Gasteiger partial charge in [-0.1, -0.05) is 91.0 Å². The monoisotopic (exact) mass is 414 g/mol. The summed E-state index contributed by atoms with van der Waals surface area (Å²) in [6.45, 7) is 0. The maximum atomic E-state index is 11.7. The number of rotatable bonds is 6. The summed E-state index contributed by atoms with van der Waals surface area (Å²) in [5.74, 6) is 0. The molecule has 30 heavy (non-hydrogen) atoms. The lowest BCUT2D eigenvalue weighted by atomic mass is 9.77. The molecule has 0 spiro atoms.